The zero-order chi connectivity index (χ0) is 24.1. The van der Waals surface area contributed by atoms with Crippen LogP contribution in [0.5, 0.6) is 0 Å². The number of benzene rings is 3. The van der Waals surface area contributed by atoms with Gasteiger partial charge in [-0.15, -0.1) is 0 Å². The molecule has 0 aliphatic heterocycles. The monoisotopic (exact) mass is 452 g/mol. The number of carbonyl (C=O) groups is 2. The molecule has 0 saturated carbocycles. The standard InChI is InChI=1S/C27H20N2O5/c1-18-10-13-23(24(16-18)29(32)33)26-15-12-22(34-26)11-14-25(30)20-8-5-9-21(17-20)28-27(31)19-6-3-2-4-7-19/h2-17H,1H3,(H,28,31)/b14-11+. The summed E-state index contributed by atoms with van der Waals surface area (Å²) in [4.78, 5) is 35.9. The van der Waals surface area contributed by atoms with Crippen LogP contribution in [0.2, 0.25) is 0 Å². The van der Waals surface area contributed by atoms with Crippen LogP contribution in [-0.2, 0) is 0 Å². The number of nitro benzene ring substituents is 1. The van der Waals surface area contributed by atoms with Crippen molar-refractivity contribution in [3.05, 3.63) is 124 Å². The Hall–Kier alpha value is -4.78. The fourth-order valence-electron chi connectivity index (χ4n) is 3.39. The Balaban J connectivity index is 1.48. The van der Waals surface area contributed by atoms with Crippen LogP contribution in [0.15, 0.2) is 95.4 Å². The summed E-state index contributed by atoms with van der Waals surface area (Å²) in [6.45, 7) is 1.78. The first-order valence-corrected chi connectivity index (χ1v) is 10.4. The van der Waals surface area contributed by atoms with Crippen LogP contribution in [0, 0.1) is 17.0 Å². The molecule has 1 aromatic heterocycles. The predicted molar refractivity (Wildman–Crippen MR) is 130 cm³/mol. The number of nitrogens with one attached hydrogen (secondary N) is 1. The van der Waals surface area contributed by atoms with Gasteiger partial charge in [-0.3, -0.25) is 19.7 Å². The number of amides is 1. The van der Waals surface area contributed by atoms with E-state index in [0.29, 0.717) is 33.9 Å². The number of carbonyl (C=O) groups excluding carboxylic acids is 2. The summed E-state index contributed by atoms with van der Waals surface area (Å²) in [5.74, 6) is 0.167. The number of rotatable bonds is 7. The van der Waals surface area contributed by atoms with Gasteiger partial charge in [0.1, 0.15) is 11.5 Å². The van der Waals surface area contributed by atoms with Crippen molar-refractivity contribution in [1.82, 2.24) is 0 Å². The lowest BCUT2D eigenvalue weighted by molar-refractivity contribution is -0.384. The third-order valence-corrected chi connectivity index (χ3v) is 5.08. The molecule has 0 atom stereocenters. The van der Waals surface area contributed by atoms with Gasteiger partial charge in [-0.2, -0.15) is 0 Å². The minimum Gasteiger partial charge on any atom is -0.456 e. The van der Waals surface area contributed by atoms with E-state index in [-0.39, 0.29) is 17.4 Å². The first-order valence-electron chi connectivity index (χ1n) is 10.4. The molecule has 1 amide bonds. The second-order valence-corrected chi connectivity index (χ2v) is 7.58. The summed E-state index contributed by atoms with van der Waals surface area (Å²) >= 11 is 0. The van der Waals surface area contributed by atoms with Crippen molar-refractivity contribution < 1.29 is 18.9 Å². The number of aryl methyl sites for hydroxylation is 1. The number of anilines is 1. The maximum atomic E-state index is 12.7. The third-order valence-electron chi connectivity index (χ3n) is 5.08. The lowest BCUT2D eigenvalue weighted by atomic mass is 10.1. The summed E-state index contributed by atoms with van der Waals surface area (Å²) in [7, 11) is 0. The molecule has 4 rings (SSSR count). The molecule has 4 aromatic rings. The molecule has 3 aromatic carbocycles. The van der Waals surface area contributed by atoms with Crippen molar-refractivity contribution in [2.45, 2.75) is 6.92 Å². The minimum absolute atomic E-state index is 0.0460. The maximum absolute atomic E-state index is 12.7. The topological polar surface area (TPSA) is 102 Å². The molecule has 0 aliphatic carbocycles. The largest absolute Gasteiger partial charge is 0.456 e. The van der Waals surface area contributed by atoms with Crippen molar-refractivity contribution in [3.63, 3.8) is 0 Å². The molecule has 0 spiro atoms. The van der Waals surface area contributed by atoms with Gasteiger partial charge in [0, 0.05) is 22.9 Å². The van der Waals surface area contributed by atoms with Crippen LogP contribution in [-0.4, -0.2) is 16.6 Å². The Kier molecular flexibility index (Phi) is 6.45. The molecule has 0 radical (unpaired) electrons. The fraction of sp³-hybridized carbons (Fsp3) is 0.0370. The zero-order valence-electron chi connectivity index (χ0n) is 18.2. The molecule has 0 bridgehead atoms. The average Bonchev–Trinajstić information content (AvgIpc) is 3.32. The molecular weight excluding hydrogens is 432 g/mol. The van der Waals surface area contributed by atoms with E-state index in [1.807, 2.05) is 6.07 Å². The maximum Gasteiger partial charge on any atom is 0.280 e. The normalized spacial score (nSPS) is 10.9. The third kappa shape index (κ3) is 5.16. The van der Waals surface area contributed by atoms with E-state index < -0.39 is 4.92 Å². The smallest absolute Gasteiger partial charge is 0.280 e. The summed E-state index contributed by atoms with van der Waals surface area (Å²) in [5.41, 5.74) is 2.50. The molecule has 7 nitrogen and oxygen atoms in total. The molecule has 0 fully saturated rings. The number of ketones is 1. The van der Waals surface area contributed by atoms with Gasteiger partial charge >= 0.3 is 0 Å². The van der Waals surface area contributed by atoms with E-state index in [1.54, 1.807) is 79.7 Å². The number of hydrogen-bond donors (Lipinski definition) is 1. The highest BCUT2D eigenvalue weighted by molar-refractivity contribution is 6.08. The molecule has 0 saturated heterocycles. The van der Waals surface area contributed by atoms with Crippen LogP contribution in [0.3, 0.4) is 0 Å². The number of nitro groups is 1. The van der Waals surface area contributed by atoms with Gasteiger partial charge in [0.2, 0.25) is 0 Å². The first kappa shape index (κ1) is 22.4. The number of hydrogen-bond acceptors (Lipinski definition) is 5. The van der Waals surface area contributed by atoms with E-state index in [2.05, 4.69) is 5.32 Å². The number of furan rings is 1. The van der Waals surface area contributed by atoms with E-state index >= 15 is 0 Å². The molecule has 1 N–H and O–H groups in total. The van der Waals surface area contributed by atoms with E-state index in [1.165, 1.54) is 18.2 Å². The zero-order valence-corrected chi connectivity index (χ0v) is 18.2. The highest BCUT2D eigenvalue weighted by Gasteiger charge is 2.18. The molecule has 0 unspecified atom stereocenters. The van der Waals surface area contributed by atoms with Crippen molar-refractivity contribution >= 4 is 29.1 Å². The van der Waals surface area contributed by atoms with Gasteiger partial charge in [0.05, 0.1) is 10.5 Å². The quantitative estimate of drug-likeness (QED) is 0.153. The van der Waals surface area contributed by atoms with Crippen LogP contribution >= 0.6 is 0 Å². The van der Waals surface area contributed by atoms with Crippen LogP contribution < -0.4 is 5.32 Å². The van der Waals surface area contributed by atoms with Gasteiger partial charge in [-0.25, -0.2) is 0 Å². The lowest BCUT2D eigenvalue weighted by Gasteiger charge is -2.06. The Bertz CT molecular complexity index is 1400. The van der Waals surface area contributed by atoms with E-state index in [0.717, 1.165) is 5.56 Å². The second kappa shape index (κ2) is 9.79. The summed E-state index contributed by atoms with van der Waals surface area (Å²) in [6, 6.07) is 23.6. The average molecular weight is 452 g/mol. The second-order valence-electron chi connectivity index (χ2n) is 7.58. The van der Waals surface area contributed by atoms with Gasteiger partial charge in [0.25, 0.3) is 11.6 Å². The molecule has 168 valence electrons. The minimum atomic E-state index is -0.451. The van der Waals surface area contributed by atoms with E-state index in [9.17, 15) is 19.7 Å². The number of nitrogens with zero attached hydrogens (tertiary/aromatic N) is 1. The van der Waals surface area contributed by atoms with Crippen molar-refractivity contribution in [3.8, 4) is 11.3 Å². The number of allylic oxidation sites excluding steroid dienone is 1. The molecule has 0 aliphatic rings. The highest BCUT2D eigenvalue weighted by Crippen LogP contribution is 2.32. The molecular formula is C27H20N2O5. The Morgan fingerprint density at radius 1 is 0.912 bits per heavy atom. The molecule has 34 heavy (non-hydrogen) atoms. The van der Waals surface area contributed by atoms with Gasteiger partial charge < -0.3 is 9.73 Å². The van der Waals surface area contributed by atoms with Gasteiger partial charge in [0.15, 0.2) is 5.78 Å². The van der Waals surface area contributed by atoms with E-state index in [4.69, 9.17) is 4.42 Å². The molecule has 1 heterocycles. The van der Waals surface area contributed by atoms with Gasteiger partial charge in [-0.1, -0.05) is 36.4 Å². The van der Waals surface area contributed by atoms with Crippen molar-refractivity contribution in [2.24, 2.45) is 0 Å². The fourth-order valence-corrected chi connectivity index (χ4v) is 3.39. The van der Waals surface area contributed by atoms with Crippen LogP contribution in [0.4, 0.5) is 11.4 Å². The van der Waals surface area contributed by atoms with Crippen molar-refractivity contribution in [2.75, 3.05) is 5.32 Å². The highest BCUT2D eigenvalue weighted by atomic mass is 16.6. The Morgan fingerprint density at radius 3 is 2.44 bits per heavy atom. The summed E-state index contributed by atoms with van der Waals surface area (Å²) in [5, 5.41) is 14.2. The predicted octanol–water partition coefficient (Wildman–Crippen LogP) is 6.31. The van der Waals surface area contributed by atoms with Crippen LogP contribution in [0.1, 0.15) is 32.0 Å². The summed E-state index contributed by atoms with van der Waals surface area (Å²) in [6.07, 6.45) is 2.85. The van der Waals surface area contributed by atoms with Crippen LogP contribution in [0.25, 0.3) is 17.4 Å². The summed E-state index contributed by atoms with van der Waals surface area (Å²) < 4.78 is 5.71. The van der Waals surface area contributed by atoms with Crippen molar-refractivity contribution in [1.29, 1.82) is 0 Å². The molecule has 7 heteroatoms. The van der Waals surface area contributed by atoms with Gasteiger partial charge in [-0.05, 0) is 67.1 Å². The SMILES string of the molecule is Cc1ccc(-c2ccc(/C=C/C(=O)c3cccc(NC(=O)c4ccccc4)c3)o2)c([N+](=O)[O-])c1. The first-order chi connectivity index (χ1) is 16.4. The lowest BCUT2D eigenvalue weighted by Crippen LogP contribution is -2.12. The Morgan fingerprint density at radius 2 is 1.68 bits per heavy atom. The Labute approximate surface area is 195 Å².